The van der Waals surface area contributed by atoms with Gasteiger partial charge in [0.1, 0.15) is 12.4 Å². The summed E-state index contributed by atoms with van der Waals surface area (Å²) in [6.07, 6.45) is 2.22. The number of hydrogen-bond donors (Lipinski definition) is 1. The van der Waals surface area contributed by atoms with Gasteiger partial charge >= 0.3 is 0 Å². The molecule has 0 unspecified atom stereocenters. The van der Waals surface area contributed by atoms with E-state index >= 15 is 0 Å². The van der Waals surface area contributed by atoms with Crippen molar-refractivity contribution in [3.05, 3.63) is 28.8 Å². The van der Waals surface area contributed by atoms with E-state index in [1.807, 2.05) is 0 Å². The summed E-state index contributed by atoms with van der Waals surface area (Å²) >= 11 is 0. The number of rotatable bonds is 10. The Kier molecular flexibility index (Phi) is 8.31. The molecule has 0 spiro atoms. The van der Waals surface area contributed by atoms with Crippen LogP contribution in [0.2, 0.25) is 0 Å². The molecule has 114 valence electrons. The van der Waals surface area contributed by atoms with Crippen LogP contribution in [0.5, 0.6) is 5.75 Å². The summed E-state index contributed by atoms with van der Waals surface area (Å²) in [7, 11) is 0. The van der Waals surface area contributed by atoms with Crippen LogP contribution in [0.1, 0.15) is 43.4 Å². The van der Waals surface area contributed by atoms with Gasteiger partial charge in [-0.15, -0.1) is 0 Å². The molecule has 0 saturated heterocycles. The number of nitrogens with one attached hydrogen (secondary N) is 1. The molecule has 0 amide bonds. The van der Waals surface area contributed by atoms with Crippen LogP contribution in [0.15, 0.2) is 12.1 Å². The molecule has 1 rings (SSSR count). The maximum Gasteiger partial charge on any atom is 0.125 e. The van der Waals surface area contributed by atoms with Crippen LogP contribution in [0.25, 0.3) is 0 Å². The number of aryl methyl sites for hydroxylation is 2. The number of benzene rings is 1. The topological polar surface area (TPSA) is 30.5 Å². The van der Waals surface area contributed by atoms with E-state index in [-0.39, 0.29) is 0 Å². The van der Waals surface area contributed by atoms with Gasteiger partial charge in [-0.05, 0) is 49.9 Å². The average molecular weight is 279 g/mol. The first-order chi connectivity index (χ1) is 9.69. The van der Waals surface area contributed by atoms with Crippen molar-refractivity contribution in [3.63, 3.8) is 0 Å². The van der Waals surface area contributed by atoms with Crippen molar-refractivity contribution in [3.8, 4) is 5.75 Å². The van der Waals surface area contributed by atoms with Crippen molar-refractivity contribution in [1.82, 2.24) is 5.32 Å². The molecule has 0 bridgehead atoms. The SMILES string of the molecule is CCCNCc1cc(C)c(OCCOCCC)c(C)c1. The van der Waals surface area contributed by atoms with Gasteiger partial charge in [0.25, 0.3) is 0 Å². The van der Waals surface area contributed by atoms with Crippen molar-refractivity contribution in [2.75, 3.05) is 26.4 Å². The molecule has 1 N–H and O–H groups in total. The van der Waals surface area contributed by atoms with Gasteiger partial charge < -0.3 is 14.8 Å². The first-order valence-corrected chi connectivity index (χ1v) is 7.70. The summed E-state index contributed by atoms with van der Waals surface area (Å²) in [6.45, 7) is 12.6. The quantitative estimate of drug-likeness (QED) is 0.664. The second-order valence-corrected chi connectivity index (χ2v) is 5.20. The largest absolute Gasteiger partial charge is 0.491 e. The van der Waals surface area contributed by atoms with Crippen molar-refractivity contribution in [2.45, 2.75) is 47.1 Å². The predicted molar refractivity (Wildman–Crippen MR) is 84.5 cm³/mol. The molecular formula is C17H29NO2. The molecule has 0 aliphatic rings. The Morgan fingerprint density at radius 2 is 1.65 bits per heavy atom. The standard InChI is InChI=1S/C17H29NO2/c1-5-7-18-13-16-11-14(3)17(15(4)12-16)20-10-9-19-8-6-2/h11-12,18H,5-10,13H2,1-4H3. The summed E-state index contributed by atoms with van der Waals surface area (Å²) in [5.41, 5.74) is 3.73. The monoisotopic (exact) mass is 279 g/mol. The molecule has 3 heteroatoms. The third-order valence-corrected chi connectivity index (χ3v) is 3.10. The van der Waals surface area contributed by atoms with Crippen molar-refractivity contribution in [1.29, 1.82) is 0 Å². The maximum atomic E-state index is 5.85. The molecule has 0 fully saturated rings. The van der Waals surface area contributed by atoms with Crippen LogP contribution in [-0.2, 0) is 11.3 Å². The Bertz CT molecular complexity index is 368. The number of ether oxygens (including phenoxy) is 2. The Labute approximate surface area is 123 Å². The Morgan fingerprint density at radius 3 is 2.25 bits per heavy atom. The summed E-state index contributed by atoms with van der Waals surface area (Å²) in [6, 6.07) is 4.41. The van der Waals surface area contributed by atoms with Gasteiger partial charge in [0, 0.05) is 13.2 Å². The fourth-order valence-corrected chi connectivity index (χ4v) is 2.23. The summed E-state index contributed by atoms with van der Waals surface area (Å²) < 4.78 is 11.3. The Balaban J connectivity index is 2.51. The second-order valence-electron chi connectivity index (χ2n) is 5.20. The highest BCUT2D eigenvalue weighted by Gasteiger charge is 2.06. The van der Waals surface area contributed by atoms with E-state index in [4.69, 9.17) is 9.47 Å². The van der Waals surface area contributed by atoms with Gasteiger partial charge in [0.15, 0.2) is 0 Å². The third kappa shape index (κ3) is 5.93. The minimum Gasteiger partial charge on any atom is -0.491 e. The van der Waals surface area contributed by atoms with Gasteiger partial charge in [-0.2, -0.15) is 0 Å². The number of hydrogen-bond acceptors (Lipinski definition) is 3. The molecule has 0 aromatic heterocycles. The molecule has 3 nitrogen and oxygen atoms in total. The highest BCUT2D eigenvalue weighted by Crippen LogP contribution is 2.24. The van der Waals surface area contributed by atoms with Crippen molar-refractivity contribution in [2.24, 2.45) is 0 Å². The van der Waals surface area contributed by atoms with E-state index < -0.39 is 0 Å². The summed E-state index contributed by atoms with van der Waals surface area (Å²) in [4.78, 5) is 0. The lowest BCUT2D eigenvalue weighted by Crippen LogP contribution is -2.14. The van der Waals surface area contributed by atoms with E-state index in [2.05, 4.69) is 45.1 Å². The Morgan fingerprint density at radius 1 is 0.950 bits per heavy atom. The van der Waals surface area contributed by atoms with Crippen LogP contribution < -0.4 is 10.1 Å². The lowest BCUT2D eigenvalue weighted by Gasteiger charge is -2.14. The molecule has 0 aliphatic carbocycles. The normalized spacial score (nSPS) is 10.8. The molecule has 1 aromatic rings. The highest BCUT2D eigenvalue weighted by molar-refractivity contribution is 5.43. The van der Waals surface area contributed by atoms with E-state index in [0.29, 0.717) is 13.2 Å². The molecule has 0 heterocycles. The van der Waals surface area contributed by atoms with Gasteiger partial charge in [0.05, 0.1) is 6.61 Å². The van der Waals surface area contributed by atoms with Crippen LogP contribution in [0.4, 0.5) is 0 Å². The van der Waals surface area contributed by atoms with Crippen molar-refractivity contribution >= 4 is 0 Å². The van der Waals surface area contributed by atoms with E-state index in [1.165, 1.54) is 16.7 Å². The third-order valence-electron chi connectivity index (χ3n) is 3.10. The zero-order valence-electron chi connectivity index (χ0n) is 13.4. The molecule has 0 atom stereocenters. The van der Waals surface area contributed by atoms with Crippen LogP contribution >= 0.6 is 0 Å². The average Bonchev–Trinajstić information content (AvgIpc) is 2.41. The van der Waals surface area contributed by atoms with Crippen molar-refractivity contribution < 1.29 is 9.47 Å². The lowest BCUT2D eigenvalue weighted by atomic mass is 10.1. The van der Waals surface area contributed by atoms with Gasteiger partial charge in [-0.1, -0.05) is 26.0 Å². The minimum atomic E-state index is 0.620. The van der Waals surface area contributed by atoms with E-state index in [1.54, 1.807) is 0 Å². The van der Waals surface area contributed by atoms with Gasteiger partial charge in [0.2, 0.25) is 0 Å². The lowest BCUT2D eigenvalue weighted by molar-refractivity contribution is 0.100. The second kappa shape index (κ2) is 9.78. The van der Waals surface area contributed by atoms with Crippen LogP contribution in [0, 0.1) is 13.8 Å². The van der Waals surface area contributed by atoms with E-state index in [9.17, 15) is 0 Å². The fraction of sp³-hybridized carbons (Fsp3) is 0.647. The van der Waals surface area contributed by atoms with E-state index in [0.717, 1.165) is 38.3 Å². The van der Waals surface area contributed by atoms with Crippen LogP contribution in [0.3, 0.4) is 0 Å². The zero-order chi connectivity index (χ0) is 14.8. The summed E-state index contributed by atoms with van der Waals surface area (Å²) in [5, 5.41) is 3.43. The first kappa shape index (κ1) is 17.0. The van der Waals surface area contributed by atoms with Gasteiger partial charge in [-0.25, -0.2) is 0 Å². The van der Waals surface area contributed by atoms with Gasteiger partial charge in [-0.3, -0.25) is 0 Å². The fourth-order valence-electron chi connectivity index (χ4n) is 2.23. The Hall–Kier alpha value is -1.06. The molecular weight excluding hydrogens is 250 g/mol. The highest BCUT2D eigenvalue weighted by atomic mass is 16.5. The zero-order valence-corrected chi connectivity index (χ0v) is 13.4. The first-order valence-electron chi connectivity index (χ1n) is 7.70. The molecule has 20 heavy (non-hydrogen) atoms. The maximum absolute atomic E-state index is 5.85. The molecule has 0 radical (unpaired) electrons. The molecule has 1 aromatic carbocycles. The smallest absolute Gasteiger partial charge is 0.125 e. The summed E-state index contributed by atoms with van der Waals surface area (Å²) in [5.74, 6) is 1.00. The molecule has 0 aliphatic heterocycles. The molecule has 0 saturated carbocycles. The van der Waals surface area contributed by atoms with Crippen LogP contribution in [-0.4, -0.2) is 26.4 Å². The minimum absolute atomic E-state index is 0.620. The predicted octanol–water partition coefficient (Wildman–Crippen LogP) is 3.61.